The van der Waals surface area contributed by atoms with Crippen molar-refractivity contribution >= 4 is 132 Å². The highest BCUT2D eigenvalue weighted by Crippen LogP contribution is 2.26. The molecule has 3 aromatic heterocycles. The molecule has 1 fully saturated rings. The first kappa shape index (κ1) is 89.3. The summed E-state index contributed by atoms with van der Waals surface area (Å²) in [5.74, 6) is -18.8. The van der Waals surface area contributed by atoms with Gasteiger partial charge in [0.2, 0.25) is 70.9 Å². The van der Waals surface area contributed by atoms with E-state index in [2.05, 4.69) is 89.1 Å². The largest absolute Gasteiger partial charge is 0.481 e. The minimum Gasteiger partial charge on any atom is -0.481 e. The van der Waals surface area contributed by atoms with Gasteiger partial charge in [0.15, 0.2) is 6.04 Å². The standard InChI is InChI=1S/C73H103N17O19S2/c1-35(2)21-50-63(98)78-31-57(92)81-48(19-20-58(93)94)64(99)84-51(22-36(3)4)69(104)89-60(38(7)8)72(107)86-53(24-42-29-77-47-18-14-12-16-45(42)47)67(102)88-56(71(106)90-61(40(10)91)73(108)109)33-111-110-32-55(87-65(100)49(26-59(95)96)75-27-37(5)6)70(105)80-39(9)62(97)82-52(23-41-28-76-46-17-13-11-15-44(41)46)66(101)85-54(68(103)83-50)25-43-30-74-34-79-43/h11-18,28-30,34-40,48-56,60-61,75-77,91H,19-27,31-33H2,1-10H3,(H,74,79)(H,78,98)(H,80,105)(H,81,92)(H,82,97)(H,83,103)(H,84,99)(H,85,101)(H,86,107)(H,87,100)(H,88,102)(H,89,104)(H,90,106)(H,93,94)(H,95,96)(H,108,109)/t39-,40+,48-,49-,50-,51-,52-,53-,54-,55-,56-,60-,61-/m0/s1. The van der Waals surface area contributed by atoms with Gasteiger partial charge >= 0.3 is 17.9 Å². The molecule has 36 nitrogen and oxygen atoms in total. The molecule has 12 amide bonds. The summed E-state index contributed by atoms with van der Waals surface area (Å²) in [7, 11) is 1.61. The van der Waals surface area contributed by atoms with Crippen LogP contribution < -0.4 is 69.1 Å². The van der Waals surface area contributed by atoms with Gasteiger partial charge in [-0.2, -0.15) is 0 Å². The first-order valence-electron chi connectivity index (χ1n) is 36.5. The average molecular weight is 1590 g/mol. The molecular weight excluding hydrogens is 1480 g/mol. The molecule has 1 aliphatic rings. The number of aliphatic hydroxyl groups is 1. The van der Waals surface area contributed by atoms with Crippen LogP contribution in [0.5, 0.6) is 0 Å². The first-order valence-corrected chi connectivity index (χ1v) is 39.0. The van der Waals surface area contributed by atoms with Crippen LogP contribution >= 0.6 is 21.6 Å². The first-order chi connectivity index (χ1) is 52.5. The Hall–Kier alpha value is -10.6. The smallest absolute Gasteiger partial charge is 0.328 e. The summed E-state index contributed by atoms with van der Waals surface area (Å²) in [4.78, 5) is 225. The molecule has 38 heteroatoms. The number of hydrogen-bond donors (Lipinski definition) is 20. The average Bonchev–Trinajstić information content (AvgIpc) is 1.65. The number of nitrogens with one attached hydrogen (secondary N) is 16. The van der Waals surface area contributed by atoms with Crippen LogP contribution in [-0.2, 0) is 91.2 Å². The zero-order chi connectivity index (χ0) is 81.9. The highest BCUT2D eigenvalue weighted by molar-refractivity contribution is 8.76. The summed E-state index contributed by atoms with van der Waals surface area (Å²) in [5, 5.41) is 75.3. The van der Waals surface area contributed by atoms with Gasteiger partial charge in [-0.15, -0.1) is 0 Å². The molecule has 111 heavy (non-hydrogen) atoms. The Bertz CT molecular complexity index is 4090. The lowest BCUT2D eigenvalue weighted by Gasteiger charge is -2.29. The van der Waals surface area contributed by atoms with Crippen LogP contribution in [0.25, 0.3) is 21.8 Å². The monoisotopic (exact) mass is 1590 g/mol. The number of rotatable bonds is 25. The van der Waals surface area contributed by atoms with Crippen molar-refractivity contribution in [3.05, 3.63) is 90.3 Å². The minimum atomic E-state index is -1.95. The number of amides is 12. The zero-order valence-corrected chi connectivity index (χ0v) is 65.0. The Morgan fingerprint density at radius 3 is 1.59 bits per heavy atom. The maximum Gasteiger partial charge on any atom is 0.328 e. The molecule has 0 bridgehead atoms. The van der Waals surface area contributed by atoms with Crippen LogP contribution in [0, 0.1) is 23.7 Å². The molecular formula is C73H103N17O19S2. The van der Waals surface area contributed by atoms with Crippen LogP contribution in [0.15, 0.2) is 73.4 Å². The normalized spacial score (nSPS) is 22.9. The minimum absolute atomic E-state index is 0.0460. The van der Waals surface area contributed by atoms with E-state index in [1.165, 1.54) is 19.4 Å². The van der Waals surface area contributed by atoms with E-state index in [0.29, 0.717) is 32.9 Å². The van der Waals surface area contributed by atoms with Crippen molar-refractivity contribution in [1.82, 2.24) is 89.1 Å². The van der Waals surface area contributed by atoms with E-state index in [9.17, 15) is 82.8 Å². The Labute approximate surface area is 648 Å². The number of hydrogen-bond acceptors (Lipinski definition) is 20. The SMILES string of the molecule is CC(C)CN[C@@H](CC(=O)O)C(=O)N[C@H]1CSSC[C@@H](C(=O)N[C@H](C(=O)O)[C@@H](C)O)NC(=O)[C@H](Cc2c[nH]c3ccccc23)NC(=O)[C@H](C(C)C)NC(=O)[C@H](CC(C)C)NC(=O)[C@H](CCC(=O)O)NC(=O)CNC(=O)[C@H](CC(C)C)NC(=O)[C@H](Cc2c[nH]cn2)NC(=O)[C@H](Cc2c[nH]c3ccccc23)NC(=O)[C@H](C)NC1=O. The topological polar surface area (TPSA) is 554 Å². The molecule has 0 saturated carbocycles. The highest BCUT2D eigenvalue weighted by atomic mass is 33.1. The maximum absolute atomic E-state index is 15.1. The molecule has 1 aliphatic heterocycles. The van der Waals surface area contributed by atoms with Crippen molar-refractivity contribution in [3.8, 4) is 0 Å². The second kappa shape index (κ2) is 43.1. The fraction of sp³-hybridized carbons (Fsp3) is 0.534. The molecule has 13 atom stereocenters. The number of aliphatic carboxylic acids is 3. The molecule has 6 rings (SSSR count). The van der Waals surface area contributed by atoms with Crippen molar-refractivity contribution < 1.29 is 92.3 Å². The molecule has 2 aromatic carbocycles. The zero-order valence-electron chi connectivity index (χ0n) is 63.4. The van der Waals surface area contributed by atoms with Crippen molar-refractivity contribution in [2.24, 2.45) is 23.7 Å². The molecule has 20 N–H and O–H groups in total. The lowest BCUT2D eigenvalue weighted by molar-refractivity contribution is -0.145. The summed E-state index contributed by atoms with van der Waals surface area (Å²) in [5.41, 5.74) is 2.51. The molecule has 4 heterocycles. The van der Waals surface area contributed by atoms with Gasteiger partial charge in [0, 0.05) is 77.6 Å². The Morgan fingerprint density at radius 2 is 1.06 bits per heavy atom. The van der Waals surface area contributed by atoms with E-state index in [4.69, 9.17) is 0 Å². The number of para-hydroxylation sites is 2. The number of H-pyrrole nitrogens is 3. The number of carboxylic acids is 3. The number of benzene rings is 2. The maximum atomic E-state index is 15.1. The van der Waals surface area contributed by atoms with E-state index < -0.39 is 211 Å². The molecule has 0 unspecified atom stereocenters. The van der Waals surface area contributed by atoms with E-state index in [1.54, 1.807) is 116 Å². The lowest BCUT2D eigenvalue weighted by atomic mass is 9.98. The number of carbonyl (C=O) groups is 15. The quantitative estimate of drug-likeness (QED) is 0.0325. The molecule has 0 aliphatic carbocycles. The molecule has 0 spiro atoms. The third-order valence-corrected chi connectivity index (χ3v) is 20.2. The Kier molecular flexibility index (Phi) is 34.7. The summed E-state index contributed by atoms with van der Waals surface area (Å²) >= 11 is 0. The molecule has 1 saturated heterocycles. The summed E-state index contributed by atoms with van der Waals surface area (Å²) in [6, 6.07) is -5.18. The van der Waals surface area contributed by atoms with Gasteiger partial charge in [0.05, 0.1) is 37.1 Å². The molecule has 0 radical (unpaired) electrons. The van der Waals surface area contributed by atoms with Gasteiger partial charge in [-0.3, -0.25) is 67.1 Å². The number of fused-ring (bicyclic) bond motifs is 2. The van der Waals surface area contributed by atoms with Crippen LogP contribution in [0.4, 0.5) is 0 Å². The summed E-state index contributed by atoms with van der Waals surface area (Å²) in [6.45, 7) is 15.3. The van der Waals surface area contributed by atoms with E-state index in [1.807, 2.05) is 0 Å². The lowest BCUT2D eigenvalue weighted by Crippen LogP contribution is -2.61. The van der Waals surface area contributed by atoms with Gasteiger partial charge in [-0.05, 0) is 86.6 Å². The van der Waals surface area contributed by atoms with E-state index >= 15 is 9.59 Å². The molecule has 606 valence electrons. The van der Waals surface area contributed by atoms with Gasteiger partial charge in [-0.1, -0.05) is 113 Å². The van der Waals surface area contributed by atoms with Gasteiger partial charge in [0.1, 0.15) is 60.4 Å². The number of aromatic nitrogens is 4. The molecule has 5 aromatic rings. The summed E-state index contributed by atoms with van der Waals surface area (Å²) < 4.78 is 0. The van der Waals surface area contributed by atoms with Crippen LogP contribution in [0.2, 0.25) is 0 Å². The van der Waals surface area contributed by atoms with Gasteiger partial charge in [-0.25, -0.2) is 9.78 Å². The third-order valence-electron chi connectivity index (χ3n) is 17.8. The van der Waals surface area contributed by atoms with Crippen molar-refractivity contribution in [3.63, 3.8) is 0 Å². The van der Waals surface area contributed by atoms with Crippen LogP contribution in [0.3, 0.4) is 0 Å². The van der Waals surface area contributed by atoms with Crippen molar-refractivity contribution in [2.75, 3.05) is 24.6 Å². The predicted molar refractivity (Wildman–Crippen MR) is 410 cm³/mol. The van der Waals surface area contributed by atoms with Crippen molar-refractivity contribution in [1.29, 1.82) is 0 Å². The number of aliphatic hydroxyl groups excluding tert-OH is 1. The van der Waals surface area contributed by atoms with Crippen LogP contribution in [0.1, 0.15) is 118 Å². The number of carbonyl (C=O) groups excluding carboxylic acids is 12. The predicted octanol–water partition coefficient (Wildman–Crippen LogP) is -0.569. The van der Waals surface area contributed by atoms with E-state index in [-0.39, 0.29) is 62.1 Å². The number of nitrogens with zero attached hydrogens (tertiary/aromatic N) is 1. The fourth-order valence-corrected chi connectivity index (χ4v) is 14.2. The summed E-state index contributed by atoms with van der Waals surface area (Å²) in [6.07, 6.45) is 1.29. The van der Waals surface area contributed by atoms with Crippen LogP contribution in [-0.4, -0.2) is 232 Å². The van der Waals surface area contributed by atoms with E-state index in [0.717, 1.165) is 28.5 Å². The number of aromatic amines is 3. The second-order valence-corrected chi connectivity index (χ2v) is 31.4. The Balaban J connectivity index is 1.46. The second-order valence-electron chi connectivity index (χ2n) is 28.9. The number of carboxylic acid groups (broad SMARTS) is 3. The van der Waals surface area contributed by atoms with Gasteiger partial charge in [0.25, 0.3) is 0 Å². The fourth-order valence-electron chi connectivity index (χ4n) is 11.9. The highest BCUT2D eigenvalue weighted by Gasteiger charge is 2.39. The van der Waals surface area contributed by atoms with Gasteiger partial charge < -0.3 is 104 Å². The Morgan fingerprint density at radius 1 is 0.550 bits per heavy atom. The van der Waals surface area contributed by atoms with Crippen molar-refractivity contribution in [2.45, 2.75) is 199 Å². The third kappa shape index (κ3) is 28.3. The number of imidazole rings is 1.